The predicted octanol–water partition coefficient (Wildman–Crippen LogP) is 4.19. The van der Waals surface area contributed by atoms with Gasteiger partial charge in [-0.15, -0.1) is 10.2 Å². The van der Waals surface area contributed by atoms with E-state index in [2.05, 4.69) is 31.4 Å². The average Bonchev–Trinajstić information content (AvgIpc) is 3.06. The van der Waals surface area contributed by atoms with E-state index in [-0.39, 0.29) is 12.5 Å². The van der Waals surface area contributed by atoms with Crippen LogP contribution in [0.15, 0.2) is 51.4 Å². The van der Waals surface area contributed by atoms with Crippen LogP contribution >= 0.6 is 15.9 Å². The van der Waals surface area contributed by atoms with Crippen molar-refractivity contribution >= 4 is 27.5 Å². The van der Waals surface area contributed by atoms with E-state index in [9.17, 15) is 4.79 Å². The van der Waals surface area contributed by atoms with Crippen LogP contribution in [0.1, 0.15) is 17.0 Å². The Balaban J connectivity index is 1.60. The molecule has 7 heteroatoms. The average molecular weight is 429 g/mol. The van der Waals surface area contributed by atoms with Gasteiger partial charge in [0.25, 0.3) is 0 Å². The number of hydrogen-bond acceptors (Lipinski definition) is 5. The molecule has 0 atom stereocenters. The molecule has 140 valence electrons. The van der Waals surface area contributed by atoms with Crippen molar-refractivity contribution in [3.63, 3.8) is 0 Å². The van der Waals surface area contributed by atoms with Gasteiger partial charge in [0.1, 0.15) is 0 Å². The number of benzene rings is 2. The second-order valence-corrected chi connectivity index (χ2v) is 7.32. The molecule has 0 radical (unpaired) electrons. The maximum absolute atomic E-state index is 12.4. The molecule has 3 rings (SSSR count). The Kier molecular flexibility index (Phi) is 6.03. The quantitative estimate of drug-likeness (QED) is 0.637. The first-order valence-electron chi connectivity index (χ1n) is 8.56. The van der Waals surface area contributed by atoms with Crippen molar-refractivity contribution in [1.82, 2.24) is 15.1 Å². The van der Waals surface area contributed by atoms with Crippen LogP contribution in [-0.4, -0.2) is 34.6 Å². The summed E-state index contributed by atoms with van der Waals surface area (Å²) in [4.78, 5) is 14.2. The first kappa shape index (κ1) is 19.3. The van der Waals surface area contributed by atoms with E-state index in [0.717, 1.165) is 26.9 Å². The highest BCUT2D eigenvalue weighted by molar-refractivity contribution is 9.10. The molecule has 0 fully saturated rings. The summed E-state index contributed by atoms with van der Waals surface area (Å²) in [6, 6.07) is 13.6. The van der Waals surface area contributed by atoms with E-state index in [1.807, 2.05) is 68.3 Å². The number of carbonyl (C=O) groups excluding carboxylic acids is 1. The minimum Gasteiger partial charge on any atom is -0.419 e. The van der Waals surface area contributed by atoms with E-state index in [0.29, 0.717) is 18.3 Å². The van der Waals surface area contributed by atoms with Gasteiger partial charge in [-0.2, -0.15) is 0 Å². The maximum Gasteiger partial charge on any atom is 0.248 e. The zero-order valence-corrected chi connectivity index (χ0v) is 17.1. The zero-order chi connectivity index (χ0) is 19.4. The van der Waals surface area contributed by atoms with Crippen LogP contribution < -0.4 is 5.32 Å². The van der Waals surface area contributed by atoms with Gasteiger partial charge in [-0.1, -0.05) is 30.3 Å². The highest BCUT2D eigenvalue weighted by Crippen LogP contribution is 2.26. The second kappa shape index (κ2) is 8.45. The Labute approximate surface area is 166 Å². The fraction of sp³-hybridized carbons (Fsp3) is 0.250. The molecule has 2 aromatic carbocycles. The minimum absolute atomic E-state index is 0.0829. The van der Waals surface area contributed by atoms with Gasteiger partial charge < -0.3 is 9.73 Å². The molecule has 0 saturated heterocycles. The Morgan fingerprint density at radius 1 is 1.11 bits per heavy atom. The van der Waals surface area contributed by atoms with Crippen LogP contribution in [0.25, 0.3) is 11.5 Å². The number of aromatic nitrogens is 2. The van der Waals surface area contributed by atoms with Gasteiger partial charge in [0.05, 0.1) is 18.7 Å². The molecule has 0 spiro atoms. The van der Waals surface area contributed by atoms with Gasteiger partial charge in [0.2, 0.25) is 17.7 Å². The highest BCUT2D eigenvalue weighted by Gasteiger charge is 2.15. The molecule has 3 aromatic rings. The third kappa shape index (κ3) is 4.81. The SMILES string of the molecule is Cc1cccc(C)c1NC(=O)CN(C)Cc1nnc(-c2ccccc2Br)o1. The highest BCUT2D eigenvalue weighted by atomic mass is 79.9. The Morgan fingerprint density at radius 3 is 2.52 bits per heavy atom. The summed E-state index contributed by atoms with van der Waals surface area (Å²) in [5, 5.41) is 11.2. The first-order valence-corrected chi connectivity index (χ1v) is 9.35. The fourth-order valence-corrected chi connectivity index (χ4v) is 3.24. The van der Waals surface area contributed by atoms with Crippen molar-refractivity contribution in [3.8, 4) is 11.5 Å². The third-order valence-electron chi connectivity index (χ3n) is 4.14. The molecule has 1 heterocycles. The molecule has 1 amide bonds. The number of nitrogens with zero attached hydrogens (tertiary/aromatic N) is 3. The van der Waals surface area contributed by atoms with Crippen molar-refractivity contribution in [2.45, 2.75) is 20.4 Å². The molecule has 1 aromatic heterocycles. The van der Waals surface area contributed by atoms with E-state index >= 15 is 0 Å². The number of aryl methyl sites for hydroxylation is 2. The molecule has 0 bridgehead atoms. The Morgan fingerprint density at radius 2 is 1.81 bits per heavy atom. The molecular formula is C20H21BrN4O2. The normalized spacial score (nSPS) is 11.0. The summed E-state index contributed by atoms with van der Waals surface area (Å²) in [5.74, 6) is 0.828. The lowest BCUT2D eigenvalue weighted by Crippen LogP contribution is -2.30. The summed E-state index contributed by atoms with van der Waals surface area (Å²) in [7, 11) is 1.84. The zero-order valence-electron chi connectivity index (χ0n) is 15.5. The summed E-state index contributed by atoms with van der Waals surface area (Å²) >= 11 is 3.48. The molecule has 6 nitrogen and oxygen atoms in total. The lowest BCUT2D eigenvalue weighted by molar-refractivity contribution is -0.117. The van der Waals surface area contributed by atoms with Crippen LogP contribution in [0.5, 0.6) is 0 Å². The number of halogens is 1. The molecule has 0 aliphatic heterocycles. The molecule has 0 unspecified atom stereocenters. The van der Waals surface area contributed by atoms with Gasteiger partial charge in [0, 0.05) is 10.2 Å². The molecule has 27 heavy (non-hydrogen) atoms. The van der Waals surface area contributed by atoms with Gasteiger partial charge in [-0.3, -0.25) is 9.69 Å². The predicted molar refractivity (Wildman–Crippen MR) is 108 cm³/mol. The van der Waals surface area contributed by atoms with E-state index in [1.165, 1.54) is 0 Å². The van der Waals surface area contributed by atoms with Gasteiger partial charge in [-0.25, -0.2) is 0 Å². The summed E-state index contributed by atoms with van der Waals surface area (Å²) < 4.78 is 6.62. The van der Waals surface area contributed by atoms with Crippen LogP contribution in [0.2, 0.25) is 0 Å². The summed E-state index contributed by atoms with van der Waals surface area (Å²) in [5.41, 5.74) is 3.79. The van der Waals surface area contributed by atoms with Crippen LogP contribution in [-0.2, 0) is 11.3 Å². The van der Waals surface area contributed by atoms with Crippen LogP contribution in [0.4, 0.5) is 5.69 Å². The van der Waals surface area contributed by atoms with E-state index in [1.54, 1.807) is 0 Å². The van der Waals surface area contributed by atoms with Crippen molar-refractivity contribution in [2.24, 2.45) is 0 Å². The van der Waals surface area contributed by atoms with Crippen molar-refractivity contribution in [2.75, 3.05) is 18.9 Å². The van der Waals surface area contributed by atoms with Crippen molar-refractivity contribution < 1.29 is 9.21 Å². The number of rotatable bonds is 6. The van der Waals surface area contributed by atoms with Crippen LogP contribution in [0, 0.1) is 13.8 Å². The molecule has 1 N–H and O–H groups in total. The summed E-state index contributed by atoms with van der Waals surface area (Å²) in [6.07, 6.45) is 0. The second-order valence-electron chi connectivity index (χ2n) is 6.47. The Hall–Kier alpha value is -2.51. The van der Waals surface area contributed by atoms with Gasteiger partial charge in [0.15, 0.2) is 0 Å². The number of hydrogen-bond donors (Lipinski definition) is 1. The number of carbonyl (C=O) groups is 1. The fourth-order valence-electron chi connectivity index (χ4n) is 2.78. The molecule has 0 aliphatic carbocycles. The summed E-state index contributed by atoms with van der Waals surface area (Å²) in [6.45, 7) is 4.57. The lowest BCUT2D eigenvalue weighted by Gasteiger charge is -2.16. The largest absolute Gasteiger partial charge is 0.419 e. The van der Waals surface area contributed by atoms with Gasteiger partial charge >= 0.3 is 0 Å². The number of likely N-dealkylation sites (N-methyl/N-ethyl adjacent to an activating group) is 1. The number of nitrogens with one attached hydrogen (secondary N) is 1. The topological polar surface area (TPSA) is 71.3 Å². The molecule has 0 aliphatic rings. The standard InChI is InChI=1S/C20H21BrN4O2/c1-13-7-6-8-14(2)19(13)22-17(26)11-25(3)12-18-23-24-20(27-18)15-9-4-5-10-16(15)21/h4-10H,11-12H2,1-3H3,(H,22,26). The van der Waals surface area contributed by atoms with Gasteiger partial charge in [-0.05, 0) is 60.1 Å². The number of amides is 1. The molecule has 0 saturated carbocycles. The first-order chi connectivity index (χ1) is 12.9. The van der Waals surface area contributed by atoms with Crippen LogP contribution in [0.3, 0.4) is 0 Å². The van der Waals surface area contributed by atoms with Crippen molar-refractivity contribution in [1.29, 1.82) is 0 Å². The number of para-hydroxylation sites is 1. The monoisotopic (exact) mass is 428 g/mol. The maximum atomic E-state index is 12.4. The van der Waals surface area contributed by atoms with E-state index in [4.69, 9.17) is 4.42 Å². The smallest absolute Gasteiger partial charge is 0.248 e. The molecular weight excluding hydrogens is 408 g/mol. The Bertz CT molecular complexity index is 934. The van der Waals surface area contributed by atoms with Crippen molar-refractivity contribution in [3.05, 3.63) is 64.0 Å². The van der Waals surface area contributed by atoms with E-state index < -0.39 is 0 Å². The lowest BCUT2D eigenvalue weighted by atomic mass is 10.1. The number of anilines is 1. The minimum atomic E-state index is -0.0829. The third-order valence-corrected chi connectivity index (χ3v) is 4.83.